The zero-order valence-corrected chi connectivity index (χ0v) is 9.30. The van der Waals surface area contributed by atoms with E-state index in [2.05, 4.69) is 0 Å². The van der Waals surface area contributed by atoms with Crippen molar-refractivity contribution in [3.05, 3.63) is 28.8 Å². The van der Waals surface area contributed by atoms with E-state index in [1.54, 1.807) is 25.1 Å². The quantitative estimate of drug-likeness (QED) is 0.791. The zero-order valence-electron chi connectivity index (χ0n) is 8.54. The van der Waals surface area contributed by atoms with Crippen molar-refractivity contribution >= 4 is 11.6 Å². The van der Waals surface area contributed by atoms with Crippen LogP contribution in [0.15, 0.2) is 18.2 Å². The molecule has 0 aliphatic heterocycles. The molecule has 0 saturated carbocycles. The summed E-state index contributed by atoms with van der Waals surface area (Å²) >= 11 is 5.92. The molecule has 1 aromatic carbocycles. The number of aliphatic hydroxyl groups is 1. The number of hydrogen-bond acceptors (Lipinski definition) is 2. The number of hydrogen-bond donors (Lipinski definition) is 1. The number of alkyl halides is 1. The van der Waals surface area contributed by atoms with Crippen molar-refractivity contribution in [2.24, 2.45) is 0 Å². The lowest BCUT2D eigenvalue weighted by molar-refractivity contribution is 0.199. The normalized spacial score (nSPS) is 12.5. The molecule has 1 atom stereocenters. The molecule has 84 valence electrons. The highest BCUT2D eigenvalue weighted by Gasteiger charge is 2.06. The molecule has 0 spiro atoms. The summed E-state index contributed by atoms with van der Waals surface area (Å²) in [5.41, 5.74) is 0.734. The van der Waals surface area contributed by atoms with Crippen molar-refractivity contribution in [1.82, 2.24) is 0 Å². The average Bonchev–Trinajstić information content (AvgIpc) is 2.20. The monoisotopic (exact) mass is 232 g/mol. The first-order valence-electron chi connectivity index (χ1n) is 4.81. The van der Waals surface area contributed by atoms with Gasteiger partial charge in [0.2, 0.25) is 0 Å². The topological polar surface area (TPSA) is 29.5 Å². The molecule has 0 aliphatic carbocycles. The van der Waals surface area contributed by atoms with Crippen LogP contribution in [0.1, 0.15) is 25.0 Å². The van der Waals surface area contributed by atoms with Gasteiger partial charge in [-0.05, 0) is 24.6 Å². The van der Waals surface area contributed by atoms with Crippen LogP contribution in [-0.2, 0) is 0 Å². The third-order valence-electron chi connectivity index (χ3n) is 1.97. The second-order valence-electron chi connectivity index (χ2n) is 3.26. The van der Waals surface area contributed by atoms with Crippen molar-refractivity contribution in [3.63, 3.8) is 0 Å². The van der Waals surface area contributed by atoms with Crippen molar-refractivity contribution in [3.8, 4) is 5.75 Å². The first-order chi connectivity index (χ1) is 7.15. The summed E-state index contributed by atoms with van der Waals surface area (Å²) in [7, 11) is 0. The van der Waals surface area contributed by atoms with Gasteiger partial charge < -0.3 is 9.84 Å². The van der Waals surface area contributed by atoms with Crippen LogP contribution in [0.5, 0.6) is 5.75 Å². The predicted octanol–water partition coefficient (Wildman–Crippen LogP) is 3.13. The molecular weight excluding hydrogens is 219 g/mol. The third kappa shape index (κ3) is 3.68. The standard InChI is InChI=1S/C11H14ClFO2/c1-8(14)9-3-4-11(10(12)7-9)15-6-2-5-13/h3-4,7-8,14H,2,5-6H2,1H3. The van der Waals surface area contributed by atoms with E-state index in [0.717, 1.165) is 5.56 Å². The molecule has 0 amide bonds. The van der Waals surface area contributed by atoms with Gasteiger partial charge in [0.1, 0.15) is 5.75 Å². The lowest BCUT2D eigenvalue weighted by Gasteiger charge is -2.10. The highest BCUT2D eigenvalue weighted by Crippen LogP contribution is 2.27. The molecule has 0 radical (unpaired) electrons. The van der Waals surface area contributed by atoms with Crippen molar-refractivity contribution in [2.45, 2.75) is 19.4 Å². The largest absolute Gasteiger partial charge is 0.492 e. The molecule has 1 N–H and O–H groups in total. The lowest BCUT2D eigenvalue weighted by Crippen LogP contribution is -1.99. The molecule has 15 heavy (non-hydrogen) atoms. The van der Waals surface area contributed by atoms with Crippen molar-refractivity contribution in [1.29, 1.82) is 0 Å². The van der Waals surface area contributed by atoms with Gasteiger partial charge in [0.25, 0.3) is 0 Å². The summed E-state index contributed by atoms with van der Waals surface area (Å²) in [5, 5.41) is 9.74. The Morgan fingerprint density at radius 2 is 2.27 bits per heavy atom. The maximum Gasteiger partial charge on any atom is 0.137 e. The fraction of sp³-hybridized carbons (Fsp3) is 0.455. The maximum absolute atomic E-state index is 11.8. The first kappa shape index (κ1) is 12.3. The summed E-state index contributed by atoms with van der Waals surface area (Å²) in [6, 6.07) is 5.07. The van der Waals surface area contributed by atoms with E-state index in [1.807, 2.05) is 0 Å². The van der Waals surface area contributed by atoms with Gasteiger partial charge >= 0.3 is 0 Å². The number of ether oxygens (including phenoxy) is 1. The molecule has 0 bridgehead atoms. The van der Waals surface area contributed by atoms with Crippen LogP contribution in [0.3, 0.4) is 0 Å². The smallest absolute Gasteiger partial charge is 0.137 e. The summed E-state index contributed by atoms with van der Waals surface area (Å²) in [6.45, 7) is 1.57. The second-order valence-corrected chi connectivity index (χ2v) is 3.66. The van der Waals surface area contributed by atoms with Gasteiger partial charge in [-0.25, -0.2) is 0 Å². The van der Waals surface area contributed by atoms with Crippen LogP contribution in [0, 0.1) is 0 Å². The van der Waals surface area contributed by atoms with E-state index < -0.39 is 12.8 Å². The molecule has 4 heteroatoms. The predicted molar refractivity (Wildman–Crippen MR) is 58.2 cm³/mol. The van der Waals surface area contributed by atoms with Crippen LogP contribution < -0.4 is 4.74 Å². The Kier molecular flexibility index (Phi) is 4.85. The second kappa shape index (κ2) is 5.93. The minimum absolute atomic E-state index is 0.310. The highest BCUT2D eigenvalue weighted by molar-refractivity contribution is 6.32. The van der Waals surface area contributed by atoms with E-state index in [9.17, 15) is 9.50 Å². The zero-order chi connectivity index (χ0) is 11.3. The molecule has 0 fully saturated rings. The third-order valence-corrected chi connectivity index (χ3v) is 2.27. The Labute approximate surface area is 93.6 Å². The number of benzene rings is 1. The summed E-state index contributed by atoms with van der Waals surface area (Å²) < 4.78 is 17.1. The van der Waals surface area contributed by atoms with E-state index in [0.29, 0.717) is 23.8 Å². The van der Waals surface area contributed by atoms with Gasteiger partial charge in [0, 0.05) is 6.42 Å². The van der Waals surface area contributed by atoms with E-state index in [-0.39, 0.29) is 0 Å². The van der Waals surface area contributed by atoms with Gasteiger partial charge in [-0.2, -0.15) is 0 Å². The Morgan fingerprint density at radius 3 is 2.80 bits per heavy atom. The van der Waals surface area contributed by atoms with E-state index in [1.165, 1.54) is 0 Å². The van der Waals surface area contributed by atoms with Crippen LogP contribution in [-0.4, -0.2) is 18.4 Å². The molecule has 0 heterocycles. The summed E-state index contributed by atoms with van der Waals surface area (Å²) in [5.74, 6) is 0.523. The molecule has 1 unspecified atom stereocenters. The number of aliphatic hydroxyl groups excluding tert-OH is 1. The Balaban J connectivity index is 2.66. The number of rotatable bonds is 5. The average molecular weight is 233 g/mol. The van der Waals surface area contributed by atoms with Gasteiger partial charge in [0.15, 0.2) is 0 Å². The van der Waals surface area contributed by atoms with Crippen molar-refractivity contribution < 1.29 is 14.2 Å². The Hall–Kier alpha value is -0.800. The van der Waals surface area contributed by atoms with Gasteiger partial charge in [-0.15, -0.1) is 0 Å². The van der Waals surface area contributed by atoms with Crippen LogP contribution in [0.2, 0.25) is 5.02 Å². The molecule has 0 aliphatic rings. The Bertz CT molecular complexity index is 315. The van der Waals surface area contributed by atoms with Crippen LogP contribution >= 0.6 is 11.6 Å². The Morgan fingerprint density at radius 1 is 1.53 bits per heavy atom. The summed E-state index contributed by atoms with van der Waals surface area (Å²) in [4.78, 5) is 0. The van der Waals surface area contributed by atoms with Gasteiger partial charge in [0.05, 0.1) is 24.4 Å². The van der Waals surface area contributed by atoms with Crippen LogP contribution in [0.25, 0.3) is 0 Å². The highest BCUT2D eigenvalue weighted by atomic mass is 35.5. The van der Waals surface area contributed by atoms with Crippen LogP contribution in [0.4, 0.5) is 4.39 Å². The molecule has 0 saturated heterocycles. The maximum atomic E-state index is 11.8. The number of halogens is 2. The fourth-order valence-corrected chi connectivity index (χ4v) is 1.37. The van der Waals surface area contributed by atoms with Crippen molar-refractivity contribution in [2.75, 3.05) is 13.3 Å². The minimum Gasteiger partial charge on any atom is -0.492 e. The molecular formula is C11H14ClFO2. The SMILES string of the molecule is CC(O)c1ccc(OCCCF)c(Cl)c1. The molecule has 2 nitrogen and oxygen atoms in total. The summed E-state index contributed by atoms with van der Waals surface area (Å²) in [6.07, 6.45) is -0.198. The fourth-order valence-electron chi connectivity index (χ4n) is 1.13. The van der Waals surface area contributed by atoms with E-state index in [4.69, 9.17) is 16.3 Å². The molecule has 1 aromatic rings. The van der Waals surface area contributed by atoms with E-state index >= 15 is 0 Å². The minimum atomic E-state index is -0.553. The molecule has 0 aromatic heterocycles. The molecule has 1 rings (SSSR count). The lowest BCUT2D eigenvalue weighted by atomic mass is 10.1. The van der Waals surface area contributed by atoms with Gasteiger partial charge in [-0.1, -0.05) is 17.7 Å². The van der Waals surface area contributed by atoms with Gasteiger partial charge in [-0.3, -0.25) is 4.39 Å². The first-order valence-corrected chi connectivity index (χ1v) is 5.19.